The highest BCUT2D eigenvalue weighted by molar-refractivity contribution is 6.22. The van der Waals surface area contributed by atoms with Crippen LogP contribution in [-0.2, 0) is 0 Å². The number of benzene rings is 7. The first-order chi connectivity index (χ1) is 25.8. The van der Waals surface area contributed by atoms with Gasteiger partial charge < -0.3 is 8.83 Å². The summed E-state index contributed by atoms with van der Waals surface area (Å²) in [5, 5.41) is 8.51. The number of hydrogen-bond donors (Lipinski definition) is 0. The molecule has 0 spiro atoms. The molecule has 0 unspecified atom stereocenters. The average molecular weight is 668 g/mol. The molecule has 0 fully saturated rings. The van der Waals surface area contributed by atoms with E-state index in [9.17, 15) is 0 Å². The molecule has 242 valence electrons. The first-order valence-electron chi connectivity index (χ1n) is 17.3. The second kappa shape index (κ2) is 10.2. The monoisotopic (exact) mass is 667 g/mol. The molecule has 0 saturated heterocycles. The Morgan fingerprint density at radius 1 is 0.346 bits per heavy atom. The molecule has 7 heteroatoms. The van der Waals surface area contributed by atoms with Gasteiger partial charge in [-0.1, -0.05) is 115 Å². The molecule has 5 aromatic heterocycles. The Bertz CT molecular complexity index is 3220. The van der Waals surface area contributed by atoms with Gasteiger partial charge >= 0.3 is 0 Å². The van der Waals surface area contributed by atoms with E-state index in [1.54, 1.807) is 0 Å². The summed E-state index contributed by atoms with van der Waals surface area (Å²) in [6, 6.07) is 51.9. The maximum atomic E-state index is 6.66. The third kappa shape index (κ3) is 3.66. The van der Waals surface area contributed by atoms with Crippen LogP contribution in [0, 0.1) is 0 Å². The Kier molecular flexibility index (Phi) is 5.38. The minimum atomic E-state index is 0.491. The van der Waals surface area contributed by atoms with Gasteiger partial charge in [-0.3, -0.25) is 9.13 Å². The minimum Gasteiger partial charge on any atom is -0.454 e. The summed E-state index contributed by atoms with van der Waals surface area (Å²) in [4.78, 5) is 15.9. The van der Waals surface area contributed by atoms with Gasteiger partial charge in [0, 0.05) is 48.7 Å². The largest absolute Gasteiger partial charge is 0.454 e. The van der Waals surface area contributed by atoms with E-state index in [0.717, 1.165) is 93.1 Å². The van der Waals surface area contributed by atoms with Crippen LogP contribution >= 0.6 is 0 Å². The second-order valence-electron chi connectivity index (χ2n) is 13.2. The van der Waals surface area contributed by atoms with Crippen LogP contribution in [-0.4, -0.2) is 24.1 Å². The van der Waals surface area contributed by atoms with E-state index in [1.165, 1.54) is 0 Å². The van der Waals surface area contributed by atoms with Crippen LogP contribution in [0.1, 0.15) is 0 Å². The normalized spacial score (nSPS) is 12.2. The molecule has 0 amide bonds. The summed E-state index contributed by atoms with van der Waals surface area (Å²) in [7, 11) is 0. The van der Waals surface area contributed by atoms with Crippen molar-refractivity contribution in [1.29, 1.82) is 0 Å². The average Bonchev–Trinajstić information content (AvgIpc) is 3.96. The molecular weight excluding hydrogens is 643 g/mol. The van der Waals surface area contributed by atoms with Crippen molar-refractivity contribution >= 4 is 87.5 Å². The molecule has 7 aromatic carbocycles. The van der Waals surface area contributed by atoms with Crippen LogP contribution in [0.25, 0.3) is 111 Å². The van der Waals surface area contributed by atoms with Gasteiger partial charge in [0.15, 0.2) is 17.0 Å². The highest BCUT2D eigenvalue weighted by atomic mass is 16.3. The number of aromatic nitrogens is 5. The van der Waals surface area contributed by atoms with Crippen LogP contribution in [0.4, 0.5) is 0 Å². The third-order valence-corrected chi connectivity index (χ3v) is 10.4. The Labute approximate surface area is 294 Å². The predicted molar refractivity (Wildman–Crippen MR) is 208 cm³/mol. The summed E-state index contributed by atoms with van der Waals surface area (Å²) in [6.07, 6.45) is 0. The van der Waals surface area contributed by atoms with E-state index in [1.807, 2.05) is 66.7 Å². The number of rotatable bonds is 3. The van der Waals surface area contributed by atoms with Crippen LogP contribution in [0.15, 0.2) is 160 Å². The number of furan rings is 2. The molecule has 0 atom stereocenters. The lowest BCUT2D eigenvalue weighted by Crippen LogP contribution is -2.10. The number of hydrogen-bond acceptors (Lipinski definition) is 5. The molecule has 0 bridgehead atoms. The third-order valence-electron chi connectivity index (χ3n) is 10.4. The topological polar surface area (TPSA) is 74.8 Å². The molecule has 0 aliphatic carbocycles. The lowest BCUT2D eigenvalue weighted by Gasteiger charge is -2.12. The van der Waals surface area contributed by atoms with E-state index >= 15 is 0 Å². The molecule has 52 heavy (non-hydrogen) atoms. The number of nitrogens with zero attached hydrogens (tertiary/aromatic N) is 5. The number of fused-ring (bicyclic) bond motifs is 14. The SMILES string of the molecule is c1ccc(-c2nc(-n3c4ccccc4c4ccc5c6ccccc6oc5c43)nc(-n3c4ccccc4c4ccc5c6ccccc6oc5c43)n2)cc1. The standard InChI is InChI=1S/C45H25N5O2/c1-2-12-26(13-3-1)43-46-44(49-35-18-8-4-14-27(35)31-22-24-33-29-16-6-10-20-37(29)51-41(33)39(31)49)48-45(47-43)50-36-19-9-5-15-28(36)32-23-25-34-30-17-7-11-21-38(30)52-42(34)40(32)50/h1-25H. The predicted octanol–water partition coefficient (Wildman–Crippen LogP) is 11.5. The Morgan fingerprint density at radius 2 is 0.769 bits per heavy atom. The van der Waals surface area contributed by atoms with Gasteiger partial charge in [-0.05, 0) is 36.4 Å². The summed E-state index contributed by atoms with van der Waals surface area (Å²) in [5.41, 5.74) is 7.91. The number of para-hydroxylation sites is 4. The van der Waals surface area contributed by atoms with Crippen molar-refractivity contribution in [3.63, 3.8) is 0 Å². The molecule has 0 radical (unpaired) electrons. The zero-order chi connectivity index (χ0) is 33.9. The molecule has 0 aliphatic rings. The Morgan fingerprint density at radius 3 is 1.29 bits per heavy atom. The van der Waals surface area contributed by atoms with Gasteiger partial charge in [0.25, 0.3) is 0 Å². The summed E-state index contributed by atoms with van der Waals surface area (Å²) in [5.74, 6) is 1.54. The van der Waals surface area contributed by atoms with Crippen LogP contribution < -0.4 is 0 Å². The summed E-state index contributed by atoms with van der Waals surface area (Å²) < 4.78 is 17.6. The second-order valence-corrected chi connectivity index (χ2v) is 13.2. The zero-order valence-corrected chi connectivity index (χ0v) is 27.5. The first kappa shape index (κ1) is 27.6. The van der Waals surface area contributed by atoms with Gasteiger partial charge in [-0.15, -0.1) is 0 Å². The van der Waals surface area contributed by atoms with Crippen molar-refractivity contribution in [1.82, 2.24) is 24.1 Å². The minimum absolute atomic E-state index is 0.491. The van der Waals surface area contributed by atoms with Gasteiger partial charge in [0.1, 0.15) is 22.2 Å². The fraction of sp³-hybridized carbons (Fsp3) is 0. The smallest absolute Gasteiger partial charge is 0.240 e. The molecule has 12 rings (SSSR count). The van der Waals surface area contributed by atoms with Crippen molar-refractivity contribution < 1.29 is 8.83 Å². The van der Waals surface area contributed by atoms with Gasteiger partial charge in [0.05, 0.1) is 11.0 Å². The molecule has 0 N–H and O–H groups in total. The van der Waals surface area contributed by atoms with E-state index < -0.39 is 0 Å². The van der Waals surface area contributed by atoms with Crippen molar-refractivity contribution in [2.24, 2.45) is 0 Å². The maximum Gasteiger partial charge on any atom is 0.240 e. The fourth-order valence-electron chi connectivity index (χ4n) is 8.15. The van der Waals surface area contributed by atoms with Crippen LogP contribution in [0.3, 0.4) is 0 Å². The molecule has 7 nitrogen and oxygen atoms in total. The summed E-state index contributed by atoms with van der Waals surface area (Å²) in [6.45, 7) is 0. The van der Waals surface area contributed by atoms with Crippen molar-refractivity contribution in [2.45, 2.75) is 0 Å². The van der Waals surface area contributed by atoms with E-state index in [4.69, 9.17) is 23.8 Å². The highest BCUT2D eigenvalue weighted by Gasteiger charge is 2.25. The lowest BCUT2D eigenvalue weighted by molar-refractivity contribution is 0.670. The quantitative estimate of drug-likeness (QED) is 0.187. The molecule has 0 saturated carbocycles. The first-order valence-corrected chi connectivity index (χ1v) is 17.3. The zero-order valence-electron chi connectivity index (χ0n) is 27.5. The Balaban J connectivity index is 1.26. The summed E-state index contributed by atoms with van der Waals surface area (Å²) >= 11 is 0. The van der Waals surface area contributed by atoms with Crippen molar-refractivity contribution in [3.8, 4) is 23.3 Å². The molecular formula is C45H25N5O2. The van der Waals surface area contributed by atoms with Gasteiger partial charge in [-0.2, -0.15) is 15.0 Å². The lowest BCUT2D eigenvalue weighted by atomic mass is 10.1. The molecule has 0 aliphatic heterocycles. The van der Waals surface area contributed by atoms with Crippen molar-refractivity contribution in [2.75, 3.05) is 0 Å². The van der Waals surface area contributed by atoms with Crippen molar-refractivity contribution in [3.05, 3.63) is 152 Å². The van der Waals surface area contributed by atoms with Crippen LogP contribution in [0.2, 0.25) is 0 Å². The highest BCUT2D eigenvalue weighted by Crippen LogP contribution is 2.42. The fourth-order valence-corrected chi connectivity index (χ4v) is 8.15. The molecule has 5 heterocycles. The van der Waals surface area contributed by atoms with Gasteiger partial charge in [0.2, 0.25) is 11.9 Å². The van der Waals surface area contributed by atoms with E-state index in [-0.39, 0.29) is 0 Å². The maximum absolute atomic E-state index is 6.66. The van der Waals surface area contributed by atoms with E-state index in [2.05, 4.69) is 94.1 Å². The Hall–Kier alpha value is -7.25. The van der Waals surface area contributed by atoms with Crippen LogP contribution in [0.5, 0.6) is 0 Å². The van der Waals surface area contributed by atoms with Gasteiger partial charge in [-0.25, -0.2) is 0 Å². The van der Waals surface area contributed by atoms with E-state index in [0.29, 0.717) is 17.7 Å². The molecule has 12 aromatic rings.